The molecule has 2 rings (SSSR count). The predicted molar refractivity (Wildman–Crippen MR) is 83.2 cm³/mol. The van der Waals surface area contributed by atoms with E-state index in [2.05, 4.69) is 6.58 Å². The SMILES string of the molecule is C=C(Cl)COc1ccc(S(=O)(=O)N2CCOCC2)cc1[N+](=O)[O-]. The summed E-state index contributed by atoms with van der Waals surface area (Å²) in [6.07, 6.45) is 0. The minimum atomic E-state index is -3.82. The number of rotatable bonds is 6. The fourth-order valence-electron chi connectivity index (χ4n) is 2.01. The van der Waals surface area contributed by atoms with Gasteiger partial charge in [0.15, 0.2) is 5.75 Å². The van der Waals surface area contributed by atoms with Crippen molar-refractivity contribution in [1.29, 1.82) is 0 Å². The van der Waals surface area contributed by atoms with E-state index in [0.29, 0.717) is 13.2 Å². The second-order valence-electron chi connectivity index (χ2n) is 4.71. The molecule has 1 saturated heterocycles. The molecule has 126 valence electrons. The Morgan fingerprint density at radius 3 is 2.65 bits per heavy atom. The molecule has 0 N–H and O–H groups in total. The minimum absolute atomic E-state index is 0.0715. The standard InChI is InChI=1S/C13H15ClN2O6S/c1-10(14)9-22-13-3-2-11(8-12(13)16(17)18)23(19,20)15-4-6-21-7-5-15/h2-3,8H,1,4-7,9H2. The lowest BCUT2D eigenvalue weighted by molar-refractivity contribution is -0.386. The Balaban J connectivity index is 2.34. The monoisotopic (exact) mass is 362 g/mol. The maximum absolute atomic E-state index is 12.5. The van der Waals surface area contributed by atoms with Crippen LogP contribution in [0.15, 0.2) is 34.7 Å². The Kier molecular flexibility index (Phi) is 5.58. The molecule has 0 aromatic heterocycles. The van der Waals surface area contributed by atoms with Gasteiger partial charge in [-0.05, 0) is 12.1 Å². The zero-order chi connectivity index (χ0) is 17.0. The highest BCUT2D eigenvalue weighted by Gasteiger charge is 2.29. The van der Waals surface area contributed by atoms with Crippen molar-refractivity contribution in [2.75, 3.05) is 32.9 Å². The van der Waals surface area contributed by atoms with Gasteiger partial charge in [0.2, 0.25) is 10.0 Å². The first kappa shape index (κ1) is 17.7. The van der Waals surface area contributed by atoms with E-state index in [1.165, 1.54) is 16.4 Å². The summed E-state index contributed by atoms with van der Waals surface area (Å²) in [4.78, 5) is 10.3. The summed E-state index contributed by atoms with van der Waals surface area (Å²) in [5.41, 5.74) is -0.447. The molecule has 0 spiro atoms. The average Bonchev–Trinajstić information content (AvgIpc) is 2.53. The molecule has 1 aromatic carbocycles. The van der Waals surface area contributed by atoms with Crippen molar-refractivity contribution in [1.82, 2.24) is 4.31 Å². The van der Waals surface area contributed by atoms with Crippen LogP contribution in [-0.2, 0) is 14.8 Å². The third kappa shape index (κ3) is 4.20. The largest absolute Gasteiger partial charge is 0.481 e. The fourth-order valence-corrected chi connectivity index (χ4v) is 3.50. The van der Waals surface area contributed by atoms with E-state index in [4.69, 9.17) is 21.1 Å². The molecule has 1 aromatic rings. The summed E-state index contributed by atoms with van der Waals surface area (Å²) < 4.78 is 36.5. The molecule has 10 heteroatoms. The van der Waals surface area contributed by atoms with Gasteiger partial charge in [0.25, 0.3) is 0 Å². The molecular formula is C13H15ClN2O6S. The highest BCUT2D eigenvalue weighted by Crippen LogP contribution is 2.31. The summed E-state index contributed by atoms with van der Waals surface area (Å²) in [6, 6.07) is 3.49. The number of hydrogen-bond acceptors (Lipinski definition) is 6. The number of hydrogen-bond donors (Lipinski definition) is 0. The van der Waals surface area contributed by atoms with Crippen molar-refractivity contribution in [2.24, 2.45) is 0 Å². The van der Waals surface area contributed by atoms with Crippen molar-refractivity contribution in [2.45, 2.75) is 4.90 Å². The van der Waals surface area contributed by atoms with E-state index in [1.807, 2.05) is 0 Å². The summed E-state index contributed by atoms with van der Waals surface area (Å²) >= 11 is 5.56. The number of morpholine rings is 1. The van der Waals surface area contributed by atoms with Crippen molar-refractivity contribution in [3.63, 3.8) is 0 Å². The quantitative estimate of drug-likeness (QED) is 0.564. The maximum Gasteiger partial charge on any atom is 0.312 e. The van der Waals surface area contributed by atoms with E-state index >= 15 is 0 Å². The van der Waals surface area contributed by atoms with Crippen LogP contribution < -0.4 is 4.74 Å². The predicted octanol–water partition coefficient (Wildman–Crippen LogP) is 1.75. The molecule has 1 fully saturated rings. The third-order valence-electron chi connectivity index (χ3n) is 3.12. The normalized spacial score (nSPS) is 16.0. The molecule has 0 saturated carbocycles. The van der Waals surface area contributed by atoms with Crippen LogP contribution in [0.25, 0.3) is 0 Å². The van der Waals surface area contributed by atoms with Crippen molar-refractivity contribution < 1.29 is 22.8 Å². The van der Waals surface area contributed by atoms with E-state index in [1.54, 1.807) is 0 Å². The number of nitrogens with zero attached hydrogens (tertiary/aromatic N) is 2. The van der Waals surface area contributed by atoms with E-state index in [-0.39, 0.29) is 35.4 Å². The Morgan fingerprint density at radius 1 is 1.43 bits per heavy atom. The summed E-state index contributed by atoms with van der Waals surface area (Å²) in [6.45, 7) is 4.31. The Hall–Kier alpha value is -1.68. The van der Waals surface area contributed by atoms with Crippen molar-refractivity contribution in [3.05, 3.63) is 39.9 Å². The summed E-state index contributed by atoms with van der Waals surface area (Å²) in [5, 5.41) is 11.3. The van der Waals surface area contributed by atoms with Gasteiger partial charge >= 0.3 is 5.69 Å². The molecule has 0 unspecified atom stereocenters. The van der Waals surface area contributed by atoms with Crippen LogP contribution in [0.1, 0.15) is 0 Å². The van der Waals surface area contributed by atoms with E-state index in [9.17, 15) is 18.5 Å². The first-order valence-electron chi connectivity index (χ1n) is 6.65. The highest BCUT2D eigenvalue weighted by atomic mass is 35.5. The highest BCUT2D eigenvalue weighted by molar-refractivity contribution is 7.89. The van der Waals surface area contributed by atoms with Gasteiger partial charge in [-0.3, -0.25) is 10.1 Å². The summed E-state index contributed by atoms with van der Waals surface area (Å²) in [7, 11) is -3.82. The van der Waals surface area contributed by atoms with Crippen LogP contribution in [-0.4, -0.2) is 50.6 Å². The number of nitro groups is 1. The molecule has 0 radical (unpaired) electrons. The van der Waals surface area contributed by atoms with Gasteiger partial charge in [-0.25, -0.2) is 8.42 Å². The van der Waals surface area contributed by atoms with Gasteiger partial charge in [0.05, 0.1) is 23.0 Å². The number of nitro benzene ring substituents is 1. The van der Waals surface area contributed by atoms with Crippen LogP contribution >= 0.6 is 11.6 Å². The molecule has 0 atom stereocenters. The smallest absolute Gasteiger partial charge is 0.312 e. The van der Waals surface area contributed by atoms with Gasteiger partial charge in [-0.1, -0.05) is 18.2 Å². The second-order valence-corrected chi connectivity index (χ2v) is 7.18. The lowest BCUT2D eigenvalue weighted by atomic mass is 10.3. The molecule has 1 heterocycles. The van der Waals surface area contributed by atoms with Gasteiger partial charge in [0.1, 0.15) is 6.61 Å². The maximum atomic E-state index is 12.5. The van der Waals surface area contributed by atoms with E-state index in [0.717, 1.165) is 6.07 Å². The summed E-state index contributed by atoms with van der Waals surface area (Å²) in [5.74, 6) is -0.0715. The first-order valence-corrected chi connectivity index (χ1v) is 8.46. The molecule has 23 heavy (non-hydrogen) atoms. The Bertz CT molecular complexity index is 715. The second kappa shape index (κ2) is 7.26. The van der Waals surface area contributed by atoms with Gasteiger partial charge in [-0.2, -0.15) is 4.31 Å². The molecule has 1 aliphatic rings. The average molecular weight is 363 g/mol. The Morgan fingerprint density at radius 2 is 2.09 bits per heavy atom. The molecule has 8 nitrogen and oxygen atoms in total. The zero-order valence-electron chi connectivity index (χ0n) is 12.1. The van der Waals surface area contributed by atoms with Crippen LogP contribution in [0, 0.1) is 10.1 Å². The first-order chi connectivity index (χ1) is 10.8. The van der Waals surface area contributed by atoms with Gasteiger partial charge < -0.3 is 9.47 Å². The number of halogens is 1. The van der Waals surface area contributed by atoms with Crippen LogP contribution in [0.3, 0.4) is 0 Å². The molecular weight excluding hydrogens is 348 g/mol. The molecule has 0 amide bonds. The van der Waals surface area contributed by atoms with Crippen LogP contribution in [0.4, 0.5) is 5.69 Å². The molecule has 0 bridgehead atoms. The minimum Gasteiger partial charge on any atom is -0.481 e. The number of ether oxygens (including phenoxy) is 2. The number of sulfonamides is 1. The molecule has 0 aliphatic carbocycles. The van der Waals surface area contributed by atoms with Gasteiger partial charge in [-0.15, -0.1) is 0 Å². The third-order valence-corrected chi connectivity index (χ3v) is 5.12. The van der Waals surface area contributed by atoms with Crippen molar-refractivity contribution in [3.8, 4) is 5.75 Å². The topological polar surface area (TPSA) is 99.0 Å². The van der Waals surface area contributed by atoms with E-state index < -0.39 is 20.6 Å². The van der Waals surface area contributed by atoms with Crippen LogP contribution in [0.5, 0.6) is 5.75 Å². The molecule has 1 aliphatic heterocycles. The lowest BCUT2D eigenvalue weighted by Crippen LogP contribution is -2.40. The zero-order valence-corrected chi connectivity index (χ0v) is 13.7. The van der Waals surface area contributed by atoms with Gasteiger partial charge in [0, 0.05) is 24.2 Å². The lowest BCUT2D eigenvalue weighted by Gasteiger charge is -2.26. The van der Waals surface area contributed by atoms with Crippen LogP contribution in [0.2, 0.25) is 0 Å². The van der Waals surface area contributed by atoms with Crippen molar-refractivity contribution >= 4 is 27.3 Å². The number of benzene rings is 1. The fraction of sp³-hybridized carbons (Fsp3) is 0.385. The Labute approximate surface area is 138 Å².